The molecule has 0 bridgehead atoms. The van der Waals surface area contributed by atoms with Crippen LogP contribution in [0.25, 0.3) is 0 Å². The van der Waals surface area contributed by atoms with Gasteiger partial charge in [-0.1, -0.05) is 24.3 Å². The molecule has 0 saturated heterocycles. The number of benzene rings is 1. The summed E-state index contributed by atoms with van der Waals surface area (Å²) >= 11 is 0. The van der Waals surface area contributed by atoms with Gasteiger partial charge in [-0.3, -0.25) is 4.99 Å². The number of rotatable bonds is 0. The second kappa shape index (κ2) is 2.98. The smallest absolute Gasteiger partial charge is 0.146 e. The van der Waals surface area contributed by atoms with Crippen LogP contribution in [0.1, 0.15) is 17.3 Å². The summed E-state index contributed by atoms with van der Waals surface area (Å²) in [6, 6.07) is 8.59. The van der Waals surface area contributed by atoms with Crippen LogP contribution >= 0.6 is 0 Å². The van der Waals surface area contributed by atoms with Crippen LogP contribution in [-0.2, 0) is 6.42 Å². The lowest BCUT2D eigenvalue weighted by atomic mass is 9.97. The van der Waals surface area contributed by atoms with Crippen molar-refractivity contribution in [1.82, 2.24) is 4.90 Å². The zero-order chi connectivity index (χ0) is 9.38. The van der Waals surface area contributed by atoms with E-state index in [1.54, 1.807) is 0 Å². The van der Waals surface area contributed by atoms with Gasteiger partial charge in [-0.05, 0) is 23.6 Å². The molecule has 1 aromatic rings. The summed E-state index contributed by atoms with van der Waals surface area (Å²) in [4.78, 5) is 6.80. The van der Waals surface area contributed by atoms with Gasteiger partial charge in [0.15, 0.2) is 0 Å². The molecule has 0 saturated carbocycles. The first kappa shape index (κ1) is 7.80. The molecule has 0 aliphatic carbocycles. The monoisotopic (exact) mass is 184 g/mol. The molecule has 14 heavy (non-hydrogen) atoms. The zero-order valence-corrected chi connectivity index (χ0v) is 7.93. The Hall–Kier alpha value is -1.57. The predicted octanol–water partition coefficient (Wildman–Crippen LogP) is 2.14. The largest absolute Gasteiger partial charge is 0.352 e. The summed E-state index contributed by atoms with van der Waals surface area (Å²) in [6.07, 6.45) is 7.39. The van der Waals surface area contributed by atoms with Gasteiger partial charge in [0.2, 0.25) is 0 Å². The minimum atomic E-state index is 0.227. The first-order valence-electron chi connectivity index (χ1n) is 4.99. The highest BCUT2D eigenvalue weighted by atomic mass is 15.2. The summed E-state index contributed by atoms with van der Waals surface area (Å²) < 4.78 is 0. The minimum Gasteiger partial charge on any atom is -0.352 e. The first-order valence-corrected chi connectivity index (χ1v) is 4.99. The first-order chi connectivity index (χ1) is 6.95. The van der Waals surface area contributed by atoms with Crippen molar-refractivity contribution in [3.63, 3.8) is 0 Å². The molecule has 1 aromatic carbocycles. The van der Waals surface area contributed by atoms with E-state index >= 15 is 0 Å². The lowest BCUT2D eigenvalue weighted by Gasteiger charge is -2.35. The van der Waals surface area contributed by atoms with Gasteiger partial charge in [-0.15, -0.1) is 0 Å². The number of aliphatic imine (C=N–C) groups is 1. The molecule has 0 N–H and O–H groups in total. The maximum absolute atomic E-state index is 4.51. The summed E-state index contributed by atoms with van der Waals surface area (Å²) in [5, 5.41) is 0. The molecule has 0 aromatic heterocycles. The Kier molecular flexibility index (Phi) is 1.66. The molecule has 0 spiro atoms. The minimum absolute atomic E-state index is 0.227. The molecular formula is C12H12N2. The van der Waals surface area contributed by atoms with Crippen molar-refractivity contribution in [3.05, 3.63) is 47.7 Å². The fourth-order valence-electron chi connectivity index (χ4n) is 2.17. The van der Waals surface area contributed by atoms with Gasteiger partial charge in [0, 0.05) is 19.0 Å². The lowest BCUT2D eigenvalue weighted by Crippen LogP contribution is -2.31. The van der Waals surface area contributed by atoms with Gasteiger partial charge in [0.1, 0.15) is 6.17 Å². The molecule has 0 amide bonds. The van der Waals surface area contributed by atoms with Gasteiger partial charge in [0.05, 0.1) is 0 Å². The van der Waals surface area contributed by atoms with E-state index in [9.17, 15) is 0 Å². The van der Waals surface area contributed by atoms with Crippen LogP contribution in [0.4, 0.5) is 0 Å². The molecule has 2 heteroatoms. The van der Waals surface area contributed by atoms with Crippen molar-refractivity contribution < 1.29 is 0 Å². The van der Waals surface area contributed by atoms with Gasteiger partial charge >= 0.3 is 0 Å². The number of nitrogens with zero attached hydrogens (tertiary/aromatic N) is 2. The van der Waals surface area contributed by atoms with E-state index in [0.717, 1.165) is 13.0 Å². The molecule has 1 unspecified atom stereocenters. The Bertz CT molecular complexity index is 407. The second-order valence-corrected chi connectivity index (χ2v) is 3.70. The van der Waals surface area contributed by atoms with Gasteiger partial charge in [-0.25, -0.2) is 0 Å². The average Bonchev–Trinajstić information content (AvgIpc) is 2.29. The Morgan fingerprint density at radius 1 is 1.29 bits per heavy atom. The second-order valence-electron chi connectivity index (χ2n) is 3.70. The van der Waals surface area contributed by atoms with Gasteiger partial charge in [-0.2, -0.15) is 0 Å². The summed E-state index contributed by atoms with van der Waals surface area (Å²) in [5.74, 6) is 0. The van der Waals surface area contributed by atoms with E-state index in [1.807, 2.05) is 12.3 Å². The molecule has 2 nitrogen and oxygen atoms in total. The average molecular weight is 184 g/mol. The van der Waals surface area contributed by atoms with Crippen molar-refractivity contribution in [3.8, 4) is 0 Å². The van der Waals surface area contributed by atoms with Crippen LogP contribution in [0.5, 0.6) is 0 Å². The van der Waals surface area contributed by atoms with Crippen molar-refractivity contribution in [2.24, 2.45) is 4.99 Å². The number of allylic oxidation sites excluding steroid dienone is 1. The number of hydrogen-bond donors (Lipinski definition) is 0. The van der Waals surface area contributed by atoms with Crippen LogP contribution in [-0.4, -0.2) is 17.7 Å². The highest BCUT2D eigenvalue weighted by Crippen LogP contribution is 2.31. The maximum atomic E-state index is 4.51. The van der Waals surface area contributed by atoms with Crippen LogP contribution in [0.15, 0.2) is 41.5 Å². The highest BCUT2D eigenvalue weighted by Gasteiger charge is 2.24. The van der Waals surface area contributed by atoms with Crippen LogP contribution in [0.3, 0.4) is 0 Å². The fraction of sp³-hybridized carbons (Fsp3) is 0.250. The van der Waals surface area contributed by atoms with E-state index in [2.05, 4.69) is 40.4 Å². The van der Waals surface area contributed by atoms with E-state index in [-0.39, 0.29) is 6.17 Å². The van der Waals surface area contributed by atoms with E-state index in [1.165, 1.54) is 11.1 Å². The zero-order valence-electron chi connectivity index (χ0n) is 7.93. The molecule has 0 fully saturated rings. The molecule has 0 radical (unpaired) electrons. The van der Waals surface area contributed by atoms with E-state index in [0.29, 0.717) is 0 Å². The van der Waals surface area contributed by atoms with Crippen molar-refractivity contribution in [1.29, 1.82) is 0 Å². The Morgan fingerprint density at radius 3 is 3.21 bits per heavy atom. The van der Waals surface area contributed by atoms with E-state index in [4.69, 9.17) is 0 Å². The topological polar surface area (TPSA) is 15.6 Å². The predicted molar refractivity (Wildman–Crippen MR) is 57.2 cm³/mol. The molecule has 1 atom stereocenters. The lowest BCUT2D eigenvalue weighted by molar-refractivity contribution is 0.270. The van der Waals surface area contributed by atoms with Crippen LogP contribution in [0.2, 0.25) is 0 Å². The third kappa shape index (κ3) is 1.07. The molecule has 2 aliphatic rings. The maximum Gasteiger partial charge on any atom is 0.146 e. The van der Waals surface area contributed by atoms with Crippen molar-refractivity contribution >= 4 is 6.21 Å². The SMILES string of the molecule is C1=CN2CCc3ccccc3C2N=C1. The van der Waals surface area contributed by atoms with E-state index < -0.39 is 0 Å². The fourth-order valence-corrected chi connectivity index (χ4v) is 2.17. The summed E-state index contributed by atoms with van der Waals surface area (Å²) in [5.41, 5.74) is 2.81. The summed E-state index contributed by atoms with van der Waals surface area (Å²) in [7, 11) is 0. The normalized spacial score (nSPS) is 23.1. The van der Waals surface area contributed by atoms with Gasteiger partial charge in [0.25, 0.3) is 0 Å². The molecule has 3 rings (SSSR count). The third-order valence-corrected chi connectivity index (χ3v) is 2.88. The Morgan fingerprint density at radius 2 is 2.21 bits per heavy atom. The van der Waals surface area contributed by atoms with Crippen LogP contribution < -0.4 is 0 Å². The molecular weight excluding hydrogens is 172 g/mol. The summed E-state index contributed by atoms with van der Waals surface area (Å²) in [6.45, 7) is 1.08. The number of hydrogen-bond acceptors (Lipinski definition) is 2. The third-order valence-electron chi connectivity index (χ3n) is 2.88. The van der Waals surface area contributed by atoms with Gasteiger partial charge < -0.3 is 4.90 Å². The molecule has 2 aliphatic heterocycles. The highest BCUT2D eigenvalue weighted by molar-refractivity contribution is 5.72. The van der Waals surface area contributed by atoms with Crippen LogP contribution in [0, 0.1) is 0 Å². The standard InChI is InChI=1S/C12H12N2/c1-2-5-11-10(4-1)6-9-14-8-3-7-13-12(11)14/h1-5,7-8,12H,6,9H2. The Balaban J connectivity index is 2.09. The van der Waals surface area contributed by atoms with Crippen molar-refractivity contribution in [2.45, 2.75) is 12.6 Å². The quantitative estimate of drug-likeness (QED) is 0.603. The molecule has 70 valence electrons. The Labute approximate surface area is 83.6 Å². The molecule has 2 heterocycles. The van der Waals surface area contributed by atoms with Crippen molar-refractivity contribution in [2.75, 3.05) is 6.54 Å². The number of fused-ring (bicyclic) bond motifs is 3.